The molecule has 0 unspecified atom stereocenters. The van der Waals surface area contributed by atoms with Gasteiger partial charge in [0.15, 0.2) is 0 Å². The van der Waals surface area contributed by atoms with Crippen LogP contribution < -0.4 is 5.73 Å². The van der Waals surface area contributed by atoms with Crippen LogP contribution in [0.3, 0.4) is 0 Å². The van der Waals surface area contributed by atoms with E-state index in [9.17, 15) is 0 Å². The summed E-state index contributed by atoms with van der Waals surface area (Å²) in [5.41, 5.74) is 7.38. The largest absolute Gasteiger partial charge is 0.330 e. The number of hydrogen-bond donors (Lipinski definition) is 1. The Morgan fingerprint density at radius 2 is 2.10 bits per heavy atom. The first-order valence-electron chi connectivity index (χ1n) is 6.84. The third kappa shape index (κ3) is 3.11. The Hall–Kier alpha value is -0.750. The third-order valence-electron chi connectivity index (χ3n) is 3.93. The maximum absolute atomic E-state index is 5.97. The molecule has 0 radical (unpaired) electrons. The summed E-state index contributed by atoms with van der Waals surface area (Å²) in [6, 6.07) is 10.7. The molecule has 1 aliphatic heterocycles. The average Bonchev–Trinajstić information content (AvgIpc) is 3.06. The van der Waals surface area contributed by atoms with Gasteiger partial charge in [0.25, 0.3) is 0 Å². The molecule has 2 heterocycles. The summed E-state index contributed by atoms with van der Waals surface area (Å²) >= 11 is 5.19. The van der Waals surface area contributed by atoms with Gasteiger partial charge < -0.3 is 5.73 Å². The van der Waals surface area contributed by atoms with Gasteiger partial charge in [0.1, 0.15) is 5.01 Å². The molecule has 0 spiro atoms. The Morgan fingerprint density at radius 3 is 2.75 bits per heavy atom. The fourth-order valence-electron chi connectivity index (χ4n) is 2.96. The normalized spacial score (nSPS) is 23.3. The number of hydrogen-bond acceptors (Lipinski definition) is 4. The van der Waals surface area contributed by atoms with Gasteiger partial charge in [0, 0.05) is 19.0 Å². The van der Waals surface area contributed by atoms with E-state index in [1.807, 2.05) is 6.20 Å². The number of likely N-dealkylation sites (tertiary alicyclic amines) is 1. The van der Waals surface area contributed by atoms with Crippen LogP contribution in [0, 0.1) is 5.92 Å². The van der Waals surface area contributed by atoms with E-state index in [2.05, 4.69) is 56.1 Å². The molecule has 106 valence electrons. The molecule has 0 saturated carbocycles. The van der Waals surface area contributed by atoms with Crippen LogP contribution in [-0.2, 0) is 6.54 Å². The molecule has 1 aliphatic rings. The highest BCUT2D eigenvalue weighted by Gasteiger charge is 2.32. The summed E-state index contributed by atoms with van der Waals surface area (Å²) in [4.78, 5) is 6.90. The van der Waals surface area contributed by atoms with Gasteiger partial charge in [-0.2, -0.15) is 0 Å². The van der Waals surface area contributed by atoms with E-state index in [-0.39, 0.29) is 0 Å². The first-order chi connectivity index (χ1) is 9.76. The predicted octanol–water partition coefficient (Wildman–Crippen LogP) is 3.08. The average molecular weight is 352 g/mol. The molecule has 3 nitrogen and oxygen atoms in total. The van der Waals surface area contributed by atoms with Gasteiger partial charge in [-0.3, -0.25) is 4.90 Å². The molecule has 0 aliphatic carbocycles. The first kappa shape index (κ1) is 14.2. The highest BCUT2D eigenvalue weighted by molar-refractivity contribution is 9.11. The van der Waals surface area contributed by atoms with Crippen LogP contribution in [-0.4, -0.2) is 29.5 Å². The topological polar surface area (TPSA) is 42.1 Å². The van der Waals surface area contributed by atoms with Gasteiger partial charge in [0.2, 0.25) is 0 Å². The molecular formula is C15H18BrN3S. The smallest absolute Gasteiger partial charge is 0.108 e. The summed E-state index contributed by atoms with van der Waals surface area (Å²) in [6.07, 6.45) is 1.88. The molecule has 1 aromatic heterocycles. The van der Waals surface area contributed by atoms with Crippen LogP contribution in [0.2, 0.25) is 0 Å². The van der Waals surface area contributed by atoms with Gasteiger partial charge in [-0.25, -0.2) is 4.98 Å². The van der Waals surface area contributed by atoms with E-state index in [0.717, 1.165) is 30.0 Å². The minimum Gasteiger partial charge on any atom is -0.330 e. The number of rotatable bonds is 4. The summed E-state index contributed by atoms with van der Waals surface area (Å²) < 4.78 is 1.10. The number of benzene rings is 1. The van der Waals surface area contributed by atoms with Crippen molar-refractivity contribution < 1.29 is 0 Å². The molecule has 2 N–H and O–H groups in total. The fraction of sp³-hybridized carbons (Fsp3) is 0.400. The Bertz CT molecular complexity index is 557. The van der Waals surface area contributed by atoms with Crippen LogP contribution in [0.5, 0.6) is 0 Å². The summed E-state index contributed by atoms with van der Waals surface area (Å²) in [6.45, 7) is 3.81. The lowest BCUT2D eigenvalue weighted by Crippen LogP contribution is -2.23. The van der Waals surface area contributed by atoms with Crippen LogP contribution in [0.1, 0.15) is 16.5 Å². The van der Waals surface area contributed by atoms with Gasteiger partial charge >= 0.3 is 0 Å². The molecule has 0 bridgehead atoms. The van der Waals surface area contributed by atoms with E-state index >= 15 is 0 Å². The third-order valence-corrected chi connectivity index (χ3v) is 5.39. The Morgan fingerprint density at radius 1 is 1.30 bits per heavy atom. The number of nitrogens with zero attached hydrogens (tertiary/aromatic N) is 2. The molecule has 0 amide bonds. The van der Waals surface area contributed by atoms with Gasteiger partial charge in [0.05, 0.1) is 16.5 Å². The maximum atomic E-state index is 5.97. The van der Waals surface area contributed by atoms with E-state index < -0.39 is 0 Å². The summed E-state index contributed by atoms with van der Waals surface area (Å²) in [7, 11) is 0. The minimum absolute atomic E-state index is 0.542. The molecule has 1 saturated heterocycles. The van der Waals surface area contributed by atoms with Crippen molar-refractivity contribution in [2.45, 2.75) is 12.5 Å². The van der Waals surface area contributed by atoms with Crippen LogP contribution in [0.25, 0.3) is 0 Å². The number of nitrogens with two attached hydrogens (primary N) is 1. The maximum Gasteiger partial charge on any atom is 0.108 e. The lowest BCUT2D eigenvalue weighted by Gasteiger charge is -2.16. The van der Waals surface area contributed by atoms with E-state index in [0.29, 0.717) is 11.8 Å². The number of aromatic nitrogens is 1. The monoisotopic (exact) mass is 351 g/mol. The van der Waals surface area contributed by atoms with Gasteiger partial charge in [-0.1, -0.05) is 30.3 Å². The lowest BCUT2D eigenvalue weighted by molar-refractivity contribution is 0.316. The minimum atomic E-state index is 0.542. The highest BCUT2D eigenvalue weighted by Crippen LogP contribution is 2.33. The van der Waals surface area contributed by atoms with Crippen molar-refractivity contribution >= 4 is 27.3 Å². The molecule has 5 heteroatoms. The molecule has 2 atom stereocenters. The molecule has 2 aromatic rings. The zero-order valence-electron chi connectivity index (χ0n) is 11.2. The van der Waals surface area contributed by atoms with Crippen molar-refractivity contribution in [3.05, 3.63) is 50.9 Å². The predicted molar refractivity (Wildman–Crippen MR) is 86.8 cm³/mol. The van der Waals surface area contributed by atoms with E-state index in [1.54, 1.807) is 11.3 Å². The molecular weight excluding hydrogens is 334 g/mol. The van der Waals surface area contributed by atoms with E-state index in [1.165, 1.54) is 10.6 Å². The van der Waals surface area contributed by atoms with Gasteiger partial charge in [-0.15, -0.1) is 11.3 Å². The fourth-order valence-corrected chi connectivity index (χ4v) is 4.30. The zero-order valence-corrected chi connectivity index (χ0v) is 13.6. The van der Waals surface area contributed by atoms with E-state index in [4.69, 9.17) is 5.73 Å². The number of halogens is 1. The standard InChI is InChI=1S/C15H18BrN3S/c16-14-7-18-15(20-14)10-19-8-12(6-17)13(9-19)11-4-2-1-3-5-11/h1-5,7,12-13H,6,8-10,17H2/t12-,13+/m1/s1. The Balaban J connectivity index is 1.71. The summed E-state index contributed by atoms with van der Waals surface area (Å²) in [5, 5.41) is 1.17. The van der Waals surface area contributed by atoms with Crippen molar-refractivity contribution in [1.29, 1.82) is 0 Å². The number of thiazole rings is 1. The van der Waals surface area contributed by atoms with Gasteiger partial charge in [-0.05, 0) is 34.0 Å². The van der Waals surface area contributed by atoms with Crippen molar-refractivity contribution in [3.63, 3.8) is 0 Å². The second-order valence-electron chi connectivity index (χ2n) is 5.27. The SMILES string of the molecule is NC[C@@H]1CN(Cc2ncc(Br)s2)C[C@H]1c1ccccc1. The Labute approximate surface area is 131 Å². The lowest BCUT2D eigenvalue weighted by atomic mass is 9.89. The van der Waals surface area contributed by atoms with Crippen molar-refractivity contribution in [3.8, 4) is 0 Å². The van der Waals surface area contributed by atoms with Crippen molar-refractivity contribution in [1.82, 2.24) is 9.88 Å². The Kier molecular flexibility index (Phi) is 4.51. The van der Waals surface area contributed by atoms with Crippen LogP contribution >= 0.6 is 27.3 Å². The molecule has 1 aromatic carbocycles. The zero-order chi connectivity index (χ0) is 13.9. The van der Waals surface area contributed by atoms with Crippen LogP contribution in [0.15, 0.2) is 40.3 Å². The molecule has 1 fully saturated rings. The molecule has 20 heavy (non-hydrogen) atoms. The quantitative estimate of drug-likeness (QED) is 0.920. The second-order valence-corrected chi connectivity index (χ2v) is 7.76. The van der Waals surface area contributed by atoms with Crippen molar-refractivity contribution in [2.24, 2.45) is 11.7 Å². The second kappa shape index (κ2) is 6.35. The first-order valence-corrected chi connectivity index (χ1v) is 8.45. The molecule has 3 rings (SSSR count). The van der Waals surface area contributed by atoms with Crippen molar-refractivity contribution in [2.75, 3.05) is 19.6 Å². The summed E-state index contributed by atoms with van der Waals surface area (Å²) in [5.74, 6) is 1.09. The highest BCUT2D eigenvalue weighted by atomic mass is 79.9. The van der Waals surface area contributed by atoms with Crippen LogP contribution in [0.4, 0.5) is 0 Å².